The number of halogens is 1. The first-order valence-electron chi connectivity index (χ1n) is 11.5. The van der Waals surface area contributed by atoms with Gasteiger partial charge in [0.05, 0.1) is 0 Å². The molecule has 1 unspecified atom stereocenters. The minimum atomic E-state index is -0.270. The molecule has 5 rings (SSSR count). The molecule has 33 heavy (non-hydrogen) atoms. The molecule has 0 aliphatic carbocycles. The minimum Gasteiger partial charge on any atom is -0.486 e. The molecule has 0 amide bonds. The smallest absolute Gasteiger partial charge is 0.231 e. The summed E-state index contributed by atoms with van der Waals surface area (Å²) in [5.74, 6) is 1.88. The average Bonchev–Trinajstić information content (AvgIpc) is 3.32. The van der Waals surface area contributed by atoms with Crippen molar-refractivity contribution in [1.82, 2.24) is 4.90 Å². The van der Waals surface area contributed by atoms with Gasteiger partial charge in [0.25, 0.3) is 0 Å². The average molecular weight is 449 g/mol. The first kappa shape index (κ1) is 21.6. The molecule has 0 saturated carbocycles. The van der Waals surface area contributed by atoms with Crippen molar-refractivity contribution in [1.29, 1.82) is 0 Å². The van der Waals surface area contributed by atoms with E-state index < -0.39 is 0 Å². The number of aryl methyl sites for hydroxylation is 1. The van der Waals surface area contributed by atoms with E-state index in [0.29, 0.717) is 5.75 Å². The summed E-state index contributed by atoms with van der Waals surface area (Å²) in [6.07, 6.45) is 0.654. The standard InChI is InChI=1S/C27H29FN2O3/c1-20-4-2-3-5-24(20)30-16-14-29(15-17-30)13-12-25(33-23-9-7-22(28)8-10-23)21-6-11-26-27(18-21)32-19-31-26/h2-11,18,25H,12-17,19H2,1H3. The van der Waals surface area contributed by atoms with Gasteiger partial charge in [0.15, 0.2) is 11.5 Å². The van der Waals surface area contributed by atoms with Gasteiger partial charge < -0.3 is 19.1 Å². The Labute approximate surface area is 194 Å². The van der Waals surface area contributed by atoms with E-state index in [1.807, 2.05) is 18.2 Å². The zero-order valence-electron chi connectivity index (χ0n) is 18.9. The predicted molar refractivity (Wildman–Crippen MR) is 127 cm³/mol. The van der Waals surface area contributed by atoms with Gasteiger partial charge in [-0.2, -0.15) is 0 Å². The Kier molecular flexibility index (Phi) is 6.35. The van der Waals surface area contributed by atoms with E-state index in [4.69, 9.17) is 14.2 Å². The van der Waals surface area contributed by atoms with Gasteiger partial charge in [-0.1, -0.05) is 24.3 Å². The number of anilines is 1. The number of para-hydroxylation sites is 1. The van der Waals surface area contributed by atoms with Crippen LogP contribution in [0.4, 0.5) is 10.1 Å². The highest BCUT2D eigenvalue weighted by atomic mass is 19.1. The van der Waals surface area contributed by atoms with Gasteiger partial charge in [0.2, 0.25) is 6.79 Å². The van der Waals surface area contributed by atoms with E-state index in [2.05, 4.69) is 41.0 Å². The van der Waals surface area contributed by atoms with Gasteiger partial charge in [-0.15, -0.1) is 0 Å². The van der Waals surface area contributed by atoms with Gasteiger partial charge in [0.1, 0.15) is 17.7 Å². The van der Waals surface area contributed by atoms with Crippen LogP contribution in [0.1, 0.15) is 23.7 Å². The molecule has 6 heteroatoms. The lowest BCUT2D eigenvalue weighted by Crippen LogP contribution is -2.47. The Hall–Kier alpha value is -3.25. The van der Waals surface area contributed by atoms with E-state index in [-0.39, 0.29) is 18.7 Å². The number of piperazine rings is 1. The maximum atomic E-state index is 13.4. The molecule has 2 heterocycles. The van der Waals surface area contributed by atoms with Crippen molar-refractivity contribution in [3.8, 4) is 17.2 Å². The van der Waals surface area contributed by atoms with Crippen molar-refractivity contribution < 1.29 is 18.6 Å². The van der Waals surface area contributed by atoms with Crippen LogP contribution in [0, 0.1) is 12.7 Å². The summed E-state index contributed by atoms with van der Waals surface area (Å²) in [6, 6.07) is 20.7. The molecule has 0 aromatic heterocycles. The highest BCUT2D eigenvalue weighted by Gasteiger charge is 2.23. The predicted octanol–water partition coefficient (Wildman–Crippen LogP) is 5.20. The molecule has 5 nitrogen and oxygen atoms in total. The summed E-state index contributed by atoms with van der Waals surface area (Å²) in [4.78, 5) is 4.96. The lowest BCUT2D eigenvalue weighted by atomic mass is 10.0. The number of ether oxygens (including phenoxy) is 3. The number of benzene rings is 3. The van der Waals surface area contributed by atoms with Gasteiger partial charge in [-0.25, -0.2) is 4.39 Å². The second kappa shape index (κ2) is 9.71. The van der Waals surface area contributed by atoms with E-state index in [1.165, 1.54) is 23.4 Å². The third kappa shape index (κ3) is 5.06. The number of nitrogens with zero attached hydrogens (tertiary/aromatic N) is 2. The summed E-state index contributed by atoms with van der Waals surface area (Å²) in [5.41, 5.74) is 3.68. The molecule has 3 aromatic rings. The van der Waals surface area contributed by atoms with Crippen LogP contribution in [-0.2, 0) is 0 Å². The normalized spacial score (nSPS) is 16.6. The van der Waals surface area contributed by atoms with Gasteiger partial charge in [-0.3, -0.25) is 4.90 Å². The summed E-state index contributed by atoms with van der Waals surface area (Å²) in [7, 11) is 0. The Bertz CT molecular complexity index is 1080. The SMILES string of the molecule is Cc1ccccc1N1CCN(CCC(Oc2ccc(F)cc2)c2ccc3c(c2)OCO3)CC1. The molecule has 172 valence electrons. The van der Waals surface area contributed by atoms with Crippen molar-refractivity contribution in [3.63, 3.8) is 0 Å². The van der Waals surface area contributed by atoms with E-state index in [9.17, 15) is 4.39 Å². The van der Waals surface area contributed by atoms with Crippen molar-refractivity contribution in [2.45, 2.75) is 19.4 Å². The molecule has 0 N–H and O–H groups in total. The van der Waals surface area contributed by atoms with Crippen LogP contribution in [0.25, 0.3) is 0 Å². The minimum absolute atomic E-state index is 0.167. The molecule has 2 aliphatic rings. The monoisotopic (exact) mass is 448 g/mol. The van der Waals surface area contributed by atoms with Crippen molar-refractivity contribution in [3.05, 3.63) is 83.7 Å². The summed E-state index contributed by atoms with van der Waals surface area (Å²) < 4.78 is 30.7. The number of rotatable bonds is 7. The highest BCUT2D eigenvalue weighted by Crippen LogP contribution is 2.36. The van der Waals surface area contributed by atoms with Gasteiger partial charge in [-0.05, 0) is 60.5 Å². The highest BCUT2D eigenvalue weighted by molar-refractivity contribution is 5.53. The fourth-order valence-corrected chi connectivity index (χ4v) is 4.51. The molecule has 1 fully saturated rings. The first-order valence-corrected chi connectivity index (χ1v) is 11.5. The maximum Gasteiger partial charge on any atom is 0.231 e. The van der Waals surface area contributed by atoms with E-state index >= 15 is 0 Å². The van der Waals surface area contributed by atoms with Crippen LogP contribution < -0.4 is 19.1 Å². The fourth-order valence-electron chi connectivity index (χ4n) is 4.51. The molecule has 0 spiro atoms. The molecule has 1 atom stereocenters. The zero-order valence-corrected chi connectivity index (χ0v) is 18.9. The van der Waals surface area contributed by atoms with Crippen LogP contribution in [0.15, 0.2) is 66.7 Å². The number of hydrogen-bond acceptors (Lipinski definition) is 5. The fraction of sp³-hybridized carbons (Fsp3) is 0.333. The lowest BCUT2D eigenvalue weighted by molar-refractivity contribution is 0.159. The zero-order chi connectivity index (χ0) is 22.6. The van der Waals surface area contributed by atoms with Crippen molar-refractivity contribution in [2.24, 2.45) is 0 Å². The summed E-state index contributed by atoms with van der Waals surface area (Å²) in [6.45, 7) is 7.38. The van der Waals surface area contributed by atoms with Crippen LogP contribution in [-0.4, -0.2) is 44.4 Å². The van der Waals surface area contributed by atoms with Crippen LogP contribution >= 0.6 is 0 Å². The number of fused-ring (bicyclic) bond motifs is 1. The molecule has 2 aliphatic heterocycles. The number of hydrogen-bond donors (Lipinski definition) is 0. The molecule has 3 aromatic carbocycles. The van der Waals surface area contributed by atoms with Gasteiger partial charge in [0, 0.05) is 44.8 Å². The molecule has 1 saturated heterocycles. The Morgan fingerprint density at radius 1 is 0.909 bits per heavy atom. The van der Waals surface area contributed by atoms with E-state index in [1.54, 1.807) is 12.1 Å². The summed E-state index contributed by atoms with van der Waals surface area (Å²) >= 11 is 0. The molecule has 0 radical (unpaired) electrons. The van der Waals surface area contributed by atoms with Crippen LogP contribution in [0.2, 0.25) is 0 Å². The molecular formula is C27H29FN2O3. The third-order valence-electron chi connectivity index (χ3n) is 6.40. The Morgan fingerprint density at radius 2 is 1.67 bits per heavy atom. The summed E-state index contributed by atoms with van der Waals surface area (Å²) in [5, 5.41) is 0. The molecule has 0 bridgehead atoms. The Morgan fingerprint density at radius 3 is 2.45 bits per heavy atom. The second-order valence-corrected chi connectivity index (χ2v) is 8.58. The van der Waals surface area contributed by atoms with E-state index in [0.717, 1.165) is 56.2 Å². The topological polar surface area (TPSA) is 34.2 Å². The lowest BCUT2D eigenvalue weighted by Gasteiger charge is -2.37. The maximum absolute atomic E-state index is 13.4. The first-order chi connectivity index (χ1) is 16.2. The van der Waals surface area contributed by atoms with Crippen molar-refractivity contribution in [2.75, 3.05) is 44.4 Å². The van der Waals surface area contributed by atoms with Gasteiger partial charge >= 0.3 is 0 Å². The molecular weight excluding hydrogens is 419 g/mol. The largest absolute Gasteiger partial charge is 0.486 e. The van der Waals surface area contributed by atoms with Crippen LogP contribution in [0.5, 0.6) is 17.2 Å². The van der Waals surface area contributed by atoms with Crippen LogP contribution in [0.3, 0.4) is 0 Å². The Balaban J connectivity index is 1.24. The van der Waals surface area contributed by atoms with Crippen molar-refractivity contribution >= 4 is 5.69 Å². The third-order valence-corrected chi connectivity index (χ3v) is 6.40. The quantitative estimate of drug-likeness (QED) is 0.497. The second-order valence-electron chi connectivity index (χ2n) is 8.58.